The summed E-state index contributed by atoms with van der Waals surface area (Å²) >= 11 is 0. The molecule has 0 fully saturated rings. The molecule has 2 aromatic rings. The Kier molecular flexibility index (Phi) is 7.84. The number of fused-ring (bicyclic) bond motifs is 3. The second kappa shape index (κ2) is 10.8. The van der Waals surface area contributed by atoms with Gasteiger partial charge in [0.1, 0.15) is 6.10 Å². The molecule has 34 heavy (non-hydrogen) atoms. The lowest BCUT2D eigenvalue weighted by Gasteiger charge is -2.27. The van der Waals surface area contributed by atoms with Crippen molar-refractivity contribution >= 4 is 0 Å². The van der Waals surface area contributed by atoms with E-state index < -0.39 is 29.4 Å². The lowest BCUT2D eigenvalue weighted by atomic mass is 9.82. The number of hydrogen-bond donors (Lipinski definition) is 0. The Labute approximate surface area is 199 Å². The minimum atomic E-state index is -1.19. The van der Waals surface area contributed by atoms with E-state index in [0.717, 1.165) is 38.5 Å². The van der Waals surface area contributed by atoms with Crippen molar-refractivity contribution < 1.29 is 27.0 Å². The van der Waals surface area contributed by atoms with E-state index in [1.54, 1.807) is 12.3 Å². The van der Waals surface area contributed by atoms with E-state index in [-0.39, 0.29) is 29.0 Å². The lowest BCUT2D eigenvalue weighted by Crippen LogP contribution is -2.16. The van der Waals surface area contributed by atoms with Crippen LogP contribution in [-0.4, -0.2) is 6.61 Å². The predicted octanol–water partition coefficient (Wildman–Crippen LogP) is 8.50. The van der Waals surface area contributed by atoms with E-state index >= 15 is 13.2 Å². The van der Waals surface area contributed by atoms with Crippen molar-refractivity contribution in [2.24, 2.45) is 0 Å². The average Bonchev–Trinajstić information content (AvgIpc) is 2.85. The van der Waals surface area contributed by atoms with Crippen LogP contribution in [-0.2, 0) is 17.6 Å². The maximum atomic E-state index is 15.4. The van der Waals surface area contributed by atoms with E-state index in [2.05, 4.69) is 6.92 Å². The van der Waals surface area contributed by atoms with Gasteiger partial charge in [-0.25, -0.2) is 13.2 Å². The van der Waals surface area contributed by atoms with Crippen molar-refractivity contribution in [1.82, 2.24) is 0 Å². The maximum Gasteiger partial charge on any atom is 0.201 e. The second-order valence-corrected chi connectivity index (χ2v) is 9.26. The van der Waals surface area contributed by atoms with Crippen molar-refractivity contribution in [3.8, 4) is 16.9 Å². The van der Waals surface area contributed by atoms with E-state index in [0.29, 0.717) is 36.8 Å². The molecule has 0 saturated heterocycles. The zero-order valence-electron chi connectivity index (χ0n) is 19.9. The summed E-state index contributed by atoms with van der Waals surface area (Å²) in [5.41, 5.74) is 1.84. The number of halogens is 4. The lowest BCUT2D eigenvalue weighted by molar-refractivity contribution is 0.115. The highest BCUT2D eigenvalue weighted by atomic mass is 19.2. The number of allylic oxidation sites excluding steroid dienone is 1. The van der Waals surface area contributed by atoms with E-state index in [1.165, 1.54) is 11.6 Å². The maximum absolute atomic E-state index is 15.4. The van der Waals surface area contributed by atoms with Crippen molar-refractivity contribution in [2.45, 2.75) is 84.2 Å². The third kappa shape index (κ3) is 4.82. The average molecular weight is 477 g/mol. The van der Waals surface area contributed by atoms with Gasteiger partial charge in [0.05, 0.1) is 12.9 Å². The molecule has 2 aliphatic rings. The first kappa shape index (κ1) is 24.6. The Morgan fingerprint density at radius 1 is 0.824 bits per heavy atom. The Morgan fingerprint density at radius 2 is 1.50 bits per heavy atom. The van der Waals surface area contributed by atoms with Gasteiger partial charge >= 0.3 is 0 Å². The number of ether oxygens (including phenoxy) is 2. The molecular weight excluding hydrogens is 444 g/mol. The van der Waals surface area contributed by atoms with Gasteiger partial charge in [-0.1, -0.05) is 33.1 Å². The van der Waals surface area contributed by atoms with Gasteiger partial charge in [0.2, 0.25) is 5.82 Å². The summed E-state index contributed by atoms with van der Waals surface area (Å²) in [4.78, 5) is 0. The molecule has 184 valence electrons. The molecule has 1 unspecified atom stereocenters. The van der Waals surface area contributed by atoms with Gasteiger partial charge in [-0.2, -0.15) is 4.39 Å². The zero-order valence-corrected chi connectivity index (χ0v) is 19.9. The summed E-state index contributed by atoms with van der Waals surface area (Å²) in [7, 11) is 0. The van der Waals surface area contributed by atoms with Crippen LogP contribution >= 0.6 is 0 Å². The summed E-state index contributed by atoms with van der Waals surface area (Å²) in [6, 6.07) is 2.99. The molecule has 0 N–H and O–H groups in total. The standard InChI is InChI=1S/C28H32F4O2/c1-3-5-7-8-17-9-12-21(34-16-17)20-14-18-10-11-19-15-22(33-13-6-4-2)26(30)28(32)24(19)23(18)27(31)25(20)29/h14-16,21H,3-13H2,1-2H3. The van der Waals surface area contributed by atoms with Crippen LogP contribution in [0.25, 0.3) is 11.1 Å². The van der Waals surface area contributed by atoms with E-state index in [1.807, 2.05) is 6.92 Å². The molecule has 0 radical (unpaired) electrons. The van der Waals surface area contributed by atoms with Gasteiger partial charge in [0, 0.05) is 16.7 Å². The quantitative estimate of drug-likeness (QED) is 0.267. The molecule has 1 heterocycles. The van der Waals surface area contributed by atoms with Crippen LogP contribution in [0.5, 0.6) is 5.75 Å². The smallest absolute Gasteiger partial charge is 0.201 e. The summed E-state index contributed by atoms with van der Waals surface area (Å²) in [5.74, 6) is -4.73. The Bertz CT molecular complexity index is 1080. The van der Waals surface area contributed by atoms with Gasteiger partial charge in [-0.3, -0.25) is 0 Å². The molecule has 0 spiro atoms. The first-order valence-corrected chi connectivity index (χ1v) is 12.4. The molecule has 2 nitrogen and oxygen atoms in total. The number of unbranched alkanes of at least 4 members (excludes halogenated alkanes) is 3. The van der Waals surface area contributed by atoms with Gasteiger partial charge in [-0.05, 0) is 73.8 Å². The summed E-state index contributed by atoms with van der Waals surface area (Å²) < 4.78 is 71.6. The fourth-order valence-corrected chi connectivity index (χ4v) is 4.86. The molecule has 2 aromatic carbocycles. The summed E-state index contributed by atoms with van der Waals surface area (Å²) in [6.07, 6.45) is 9.11. The van der Waals surface area contributed by atoms with Crippen LogP contribution < -0.4 is 4.74 Å². The number of rotatable bonds is 9. The first-order valence-electron chi connectivity index (χ1n) is 12.4. The van der Waals surface area contributed by atoms with Crippen molar-refractivity contribution in [3.63, 3.8) is 0 Å². The second-order valence-electron chi connectivity index (χ2n) is 9.26. The topological polar surface area (TPSA) is 18.5 Å². The molecule has 1 atom stereocenters. The zero-order chi connectivity index (χ0) is 24.2. The van der Waals surface area contributed by atoms with Crippen LogP contribution in [0.15, 0.2) is 24.0 Å². The van der Waals surface area contributed by atoms with Crippen molar-refractivity contribution in [2.75, 3.05) is 6.61 Å². The Hall–Kier alpha value is -2.50. The van der Waals surface area contributed by atoms with Crippen LogP contribution in [0.3, 0.4) is 0 Å². The molecule has 0 amide bonds. The molecule has 0 bridgehead atoms. The van der Waals surface area contributed by atoms with Crippen LogP contribution in [0.4, 0.5) is 17.6 Å². The summed E-state index contributed by atoms with van der Waals surface area (Å²) in [6.45, 7) is 4.38. The summed E-state index contributed by atoms with van der Waals surface area (Å²) in [5, 5.41) is 0. The molecule has 1 aliphatic heterocycles. The third-order valence-corrected chi connectivity index (χ3v) is 6.82. The first-order chi connectivity index (χ1) is 16.5. The Morgan fingerprint density at radius 3 is 2.15 bits per heavy atom. The SMILES string of the molecule is CCCCCC1=COC(c2cc3c(c(F)c2F)-c2c(cc(OCCCC)c(F)c2F)CC3)CC1. The van der Waals surface area contributed by atoms with E-state index in [9.17, 15) is 4.39 Å². The molecule has 0 saturated carbocycles. The van der Waals surface area contributed by atoms with Crippen molar-refractivity contribution in [3.05, 3.63) is 63.9 Å². The molecule has 4 rings (SSSR count). The predicted molar refractivity (Wildman–Crippen MR) is 125 cm³/mol. The van der Waals surface area contributed by atoms with Gasteiger partial charge in [0.25, 0.3) is 0 Å². The minimum absolute atomic E-state index is 0.143. The molecule has 0 aromatic heterocycles. The monoisotopic (exact) mass is 476 g/mol. The van der Waals surface area contributed by atoms with Gasteiger partial charge in [-0.15, -0.1) is 0 Å². The van der Waals surface area contributed by atoms with Crippen molar-refractivity contribution in [1.29, 1.82) is 0 Å². The molecular formula is C28H32F4O2. The highest BCUT2D eigenvalue weighted by Gasteiger charge is 2.32. The number of benzene rings is 2. The van der Waals surface area contributed by atoms with Crippen LogP contribution in [0, 0.1) is 23.3 Å². The minimum Gasteiger partial charge on any atom is -0.493 e. The van der Waals surface area contributed by atoms with Crippen LogP contribution in [0.2, 0.25) is 0 Å². The fraction of sp³-hybridized carbons (Fsp3) is 0.500. The van der Waals surface area contributed by atoms with Crippen LogP contribution in [0.1, 0.15) is 88.0 Å². The van der Waals surface area contributed by atoms with Gasteiger partial charge < -0.3 is 9.47 Å². The largest absolute Gasteiger partial charge is 0.493 e. The number of aryl methyl sites for hydroxylation is 2. The van der Waals surface area contributed by atoms with E-state index in [4.69, 9.17) is 9.47 Å². The molecule has 6 heteroatoms. The highest BCUT2D eigenvalue weighted by Crippen LogP contribution is 2.44. The Balaban J connectivity index is 1.63. The third-order valence-electron chi connectivity index (χ3n) is 6.82. The fourth-order valence-electron chi connectivity index (χ4n) is 4.86. The van der Waals surface area contributed by atoms with Gasteiger partial charge in [0.15, 0.2) is 23.2 Å². The number of hydrogen-bond acceptors (Lipinski definition) is 2. The normalized spacial score (nSPS) is 17.0. The highest BCUT2D eigenvalue weighted by molar-refractivity contribution is 5.76. The molecule has 1 aliphatic carbocycles.